The van der Waals surface area contributed by atoms with E-state index in [4.69, 9.17) is 11.6 Å². The number of nitrogens with one attached hydrogen (secondary N) is 1. The predicted molar refractivity (Wildman–Crippen MR) is 88.0 cm³/mol. The number of alkyl halides is 3. The van der Waals surface area contributed by atoms with E-state index in [1.54, 1.807) is 6.20 Å². The van der Waals surface area contributed by atoms with E-state index < -0.39 is 22.7 Å². The van der Waals surface area contributed by atoms with E-state index in [1.807, 2.05) is 30.3 Å². The van der Waals surface area contributed by atoms with Crippen LogP contribution in [0.5, 0.6) is 0 Å². The van der Waals surface area contributed by atoms with Gasteiger partial charge in [-0.2, -0.15) is 18.3 Å². The molecule has 0 fully saturated rings. The van der Waals surface area contributed by atoms with Crippen LogP contribution in [0.4, 0.5) is 18.9 Å². The number of halogens is 4. The van der Waals surface area contributed by atoms with Crippen molar-refractivity contribution in [3.8, 4) is 5.69 Å². The summed E-state index contributed by atoms with van der Waals surface area (Å²) in [5, 5.41) is 6.08. The fraction of sp³-hybridized carbons (Fsp3) is 0.0588. The smallest absolute Gasteiger partial charge is 0.321 e. The molecule has 1 N–H and O–H groups in total. The van der Waals surface area contributed by atoms with Crippen LogP contribution < -0.4 is 5.32 Å². The fourth-order valence-electron chi connectivity index (χ4n) is 2.18. The number of hydrogen-bond donors (Lipinski definition) is 1. The highest BCUT2D eigenvalue weighted by atomic mass is 35.5. The van der Waals surface area contributed by atoms with Crippen molar-refractivity contribution in [2.24, 2.45) is 0 Å². The first kappa shape index (κ1) is 17.0. The molecule has 0 saturated heterocycles. The summed E-state index contributed by atoms with van der Waals surface area (Å²) in [6.45, 7) is 0. The Balaban J connectivity index is 1.81. The van der Waals surface area contributed by atoms with Crippen molar-refractivity contribution in [3.63, 3.8) is 0 Å². The lowest BCUT2D eigenvalue weighted by Gasteiger charge is -2.11. The molecule has 3 aromatic rings. The number of rotatable bonds is 3. The van der Waals surface area contributed by atoms with E-state index >= 15 is 0 Å². The van der Waals surface area contributed by atoms with Gasteiger partial charge >= 0.3 is 6.18 Å². The molecule has 0 atom stereocenters. The zero-order valence-corrected chi connectivity index (χ0v) is 13.3. The Labute approximate surface area is 145 Å². The van der Waals surface area contributed by atoms with Gasteiger partial charge in [-0.15, -0.1) is 0 Å². The SMILES string of the molecule is O=C(Nc1ccc(Cl)c(C(F)(F)F)c1)c1ccn(-c2ccccc2)n1. The van der Waals surface area contributed by atoms with Crippen molar-refractivity contribution in [2.75, 3.05) is 5.32 Å². The average Bonchev–Trinajstić information content (AvgIpc) is 3.06. The maximum Gasteiger partial charge on any atom is 0.417 e. The van der Waals surface area contributed by atoms with Crippen LogP contribution in [0, 0.1) is 0 Å². The number of anilines is 1. The first-order valence-electron chi connectivity index (χ1n) is 7.14. The minimum Gasteiger partial charge on any atom is -0.321 e. The lowest BCUT2D eigenvalue weighted by atomic mass is 10.2. The Bertz CT molecular complexity index is 907. The largest absolute Gasteiger partial charge is 0.417 e. The fourth-order valence-corrected chi connectivity index (χ4v) is 2.41. The summed E-state index contributed by atoms with van der Waals surface area (Å²) in [6, 6.07) is 13.8. The van der Waals surface area contributed by atoms with E-state index in [9.17, 15) is 18.0 Å². The zero-order chi connectivity index (χ0) is 18.0. The van der Waals surface area contributed by atoms with E-state index in [0.717, 1.165) is 17.8 Å². The number of amides is 1. The van der Waals surface area contributed by atoms with Crippen molar-refractivity contribution in [2.45, 2.75) is 6.18 Å². The molecule has 1 heterocycles. The minimum absolute atomic E-state index is 0.0176. The average molecular weight is 366 g/mol. The van der Waals surface area contributed by atoms with Crippen LogP contribution in [0.15, 0.2) is 60.8 Å². The number of benzene rings is 2. The van der Waals surface area contributed by atoms with Gasteiger partial charge in [-0.05, 0) is 36.4 Å². The molecular formula is C17H11ClF3N3O. The molecule has 0 aliphatic carbocycles. The molecule has 1 aromatic heterocycles. The van der Waals surface area contributed by atoms with Crippen LogP contribution in [0.25, 0.3) is 5.69 Å². The number of hydrogen-bond acceptors (Lipinski definition) is 2. The lowest BCUT2D eigenvalue weighted by Crippen LogP contribution is -2.14. The third kappa shape index (κ3) is 3.83. The standard InChI is InChI=1S/C17H11ClF3N3O/c18-14-7-6-11(10-13(14)17(19,20)21)22-16(25)15-8-9-24(23-15)12-4-2-1-3-5-12/h1-10H,(H,22,25). The van der Waals surface area contributed by atoms with Crippen molar-refractivity contribution in [3.05, 3.63) is 77.1 Å². The van der Waals surface area contributed by atoms with E-state index in [0.29, 0.717) is 0 Å². The molecule has 25 heavy (non-hydrogen) atoms. The van der Waals surface area contributed by atoms with Crippen molar-refractivity contribution in [1.29, 1.82) is 0 Å². The van der Waals surface area contributed by atoms with Crippen LogP contribution >= 0.6 is 11.6 Å². The Hall–Kier alpha value is -2.80. The monoisotopic (exact) mass is 365 g/mol. The lowest BCUT2D eigenvalue weighted by molar-refractivity contribution is -0.137. The van der Waals surface area contributed by atoms with Gasteiger partial charge in [-0.25, -0.2) is 4.68 Å². The van der Waals surface area contributed by atoms with Crippen LogP contribution in [-0.2, 0) is 6.18 Å². The third-order valence-electron chi connectivity index (χ3n) is 3.37. The molecule has 8 heteroatoms. The van der Waals surface area contributed by atoms with Crippen molar-refractivity contribution < 1.29 is 18.0 Å². The summed E-state index contributed by atoms with van der Waals surface area (Å²) < 4.78 is 40.1. The Morgan fingerprint density at radius 3 is 2.48 bits per heavy atom. The summed E-state index contributed by atoms with van der Waals surface area (Å²) in [6.07, 6.45) is -3.01. The van der Waals surface area contributed by atoms with E-state index in [-0.39, 0.29) is 11.4 Å². The molecule has 0 radical (unpaired) electrons. The highest BCUT2D eigenvalue weighted by molar-refractivity contribution is 6.31. The van der Waals surface area contributed by atoms with Gasteiger partial charge in [-0.3, -0.25) is 4.79 Å². The highest BCUT2D eigenvalue weighted by Gasteiger charge is 2.33. The van der Waals surface area contributed by atoms with Gasteiger partial charge in [0.15, 0.2) is 5.69 Å². The summed E-state index contributed by atoms with van der Waals surface area (Å²) >= 11 is 5.56. The topological polar surface area (TPSA) is 46.9 Å². The van der Waals surface area contributed by atoms with Gasteiger partial charge in [0.1, 0.15) is 0 Å². The summed E-state index contributed by atoms with van der Waals surface area (Å²) in [7, 11) is 0. The first-order chi connectivity index (χ1) is 11.8. The summed E-state index contributed by atoms with van der Waals surface area (Å²) in [5.74, 6) is -0.620. The number of carbonyl (C=O) groups is 1. The first-order valence-corrected chi connectivity index (χ1v) is 7.51. The van der Waals surface area contributed by atoms with E-state index in [1.165, 1.54) is 16.8 Å². The molecule has 0 spiro atoms. The molecule has 0 unspecified atom stereocenters. The molecule has 0 aliphatic rings. The molecule has 4 nitrogen and oxygen atoms in total. The molecule has 0 aliphatic heterocycles. The second-order valence-corrected chi connectivity index (χ2v) is 5.53. The molecular weight excluding hydrogens is 355 g/mol. The zero-order valence-electron chi connectivity index (χ0n) is 12.6. The van der Waals surface area contributed by atoms with Crippen molar-refractivity contribution in [1.82, 2.24) is 9.78 Å². The third-order valence-corrected chi connectivity index (χ3v) is 3.70. The number of aromatic nitrogens is 2. The van der Waals surface area contributed by atoms with Crippen LogP contribution in [0.3, 0.4) is 0 Å². The molecule has 128 valence electrons. The van der Waals surface area contributed by atoms with Crippen LogP contribution in [-0.4, -0.2) is 15.7 Å². The number of nitrogens with zero attached hydrogens (tertiary/aromatic N) is 2. The quantitative estimate of drug-likeness (QED) is 0.725. The maximum atomic E-state index is 12.9. The molecule has 0 saturated carbocycles. The number of para-hydroxylation sites is 1. The van der Waals surface area contributed by atoms with Gasteiger partial charge in [0.2, 0.25) is 0 Å². The Morgan fingerprint density at radius 2 is 1.80 bits per heavy atom. The molecule has 0 bridgehead atoms. The Morgan fingerprint density at radius 1 is 1.08 bits per heavy atom. The number of carbonyl (C=O) groups excluding carboxylic acids is 1. The molecule has 1 amide bonds. The van der Waals surface area contributed by atoms with Gasteiger partial charge < -0.3 is 5.32 Å². The molecule has 2 aromatic carbocycles. The molecule has 3 rings (SSSR count). The maximum absolute atomic E-state index is 12.9. The van der Waals surface area contributed by atoms with Crippen LogP contribution in [0.2, 0.25) is 5.02 Å². The Kier molecular flexibility index (Phi) is 4.50. The predicted octanol–water partition coefficient (Wildman–Crippen LogP) is 4.80. The summed E-state index contributed by atoms with van der Waals surface area (Å²) in [4.78, 5) is 12.2. The van der Waals surface area contributed by atoms with Gasteiger partial charge in [0, 0.05) is 11.9 Å². The second kappa shape index (κ2) is 6.60. The van der Waals surface area contributed by atoms with Gasteiger partial charge in [0.05, 0.1) is 16.3 Å². The van der Waals surface area contributed by atoms with Crippen molar-refractivity contribution >= 4 is 23.2 Å². The van der Waals surface area contributed by atoms with Crippen LogP contribution in [0.1, 0.15) is 16.1 Å². The summed E-state index contributed by atoms with van der Waals surface area (Å²) in [5.41, 5.74) is -0.197. The minimum atomic E-state index is -4.60. The second-order valence-electron chi connectivity index (χ2n) is 5.13. The van der Waals surface area contributed by atoms with E-state index in [2.05, 4.69) is 10.4 Å². The van der Waals surface area contributed by atoms with Gasteiger partial charge in [-0.1, -0.05) is 29.8 Å². The van der Waals surface area contributed by atoms with Gasteiger partial charge in [0.25, 0.3) is 5.91 Å². The normalized spacial score (nSPS) is 11.4. The highest BCUT2D eigenvalue weighted by Crippen LogP contribution is 2.36.